The van der Waals surface area contributed by atoms with Crippen molar-refractivity contribution in [3.05, 3.63) is 54.4 Å². The lowest BCUT2D eigenvalue weighted by Gasteiger charge is -2.11. The van der Waals surface area contributed by atoms with E-state index < -0.39 is 0 Å². The molecule has 1 aromatic heterocycles. The second-order valence-electron chi connectivity index (χ2n) is 4.44. The minimum atomic E-state index is 0.00464. The number of rotatable bonds is 5. The van der Waals surface area contributed by atoms with Gasteiger partial charge < -0.3 is 25.4 Å². The van der Waals surface area contributed by atoms with Crippen LogP contribution in [0.1, 0.15) is 5.89 Å². The molecule has 0 aliphatic heterocycles. The van der Waals surface area contributed by atoms with Gasteiger partial charge in [-0.25, -0.2) is 0 Å². The Balaban J connectivity index is 1.73. The first kappa shape index (κ1) is 13.7. The Morgan fingerprint density at radius 3 is 2.32 bits per heavy atom. The Hall–Kier alpha value is -3.22. The second-order valence-corrected chi connectivity index (χ2v) is 4.44. The number of nitrogens with two attached hydrogens (primary N) is 2. The highest BCUT2D eigenvalue weighted by atomic mass is 16.5. The zero-order valence-electron chi connectivity index (χ0n) is 11.6. The van der Waals surface area contributed by atoms with Crippen molar-refractivity contribution in [2.24, 2.45) is 0 Å². The molecule has 0 unspecified atom stereocenters. The molecule has 0 saturated carbocycles. The SMILES string of the molecule is Nc1ccc(Oc2ccccc2OCc2nnc(N)o2)cc1. The van der Waals surface area contributed by atoms with Gasteiger partial charge >= 0.3 is 6.01 Å². The van der Waals surface area contributed by atoms with E-state index in [9.17, 15) is 0 Å². The van der Waals surface area contributed by atoms with Crippen LogP contribution in [0, 0.1) is 0 Å². The molecule has 0 bridgehead atoms. The van der Waals surface area contributed by atoms with E-state index in [0.717, 1.165) is 0 Å². The van der Waals surface area contributed by atoms with E-state index in [-0.39, 0.29) is 12.6 Å². The standard InChI is InChI=1S/C15H14N4O3/c16-10-5-7-11(8-6-10)21-13-4-2-1-3-12(13)20-9-14-18-19-15(17)22-14/h1-8H,9,16H2,(H2,17,19). The van der Waals surface area contributed by atoms with Gasteiger partial charge in [0.2, 0.25) is 0 Å². The summed E-state index contributed by atoms with van der Waals surface area (Å²) in [4.78, 5) is 0. The topological polar surface area (TPSA) is 109 Å². The van der Waals surface area contributed by atoms with E-state index in [4.69, 9.17) is 25.4 Å². The average molecular weight is 298 g/mol. The van der Waals surface area contributed by atoms with Gasteiger partial charge in [-0.1, -0.05) is 17.2 Å². The Morgan fingerprint density at radius 1 is 0.909 bits per heavy atom. The minimum absolute atomic E-state index is 0.00464. The summed E-state index contributed by atoms with van der Waals surface area (Å²) in [5, 5.41) is 7.30. The number of para-hydroxylation sites is 2. The molecule has 7 nitrogen and oxygen atoms in total. The summed E-state index contributed by atoms with van der Waals surface area (Å²) in [6.07, 6.45) is 0. The van der Waals surface area contributed by atoms with Crippen molar-refractivity contribution in [2.45, 2.75) is 6.61 Å². The Bertz CT molecular complexity index is 755. The van der Waals surface area contributed by atoms with Gasteiger partial charge in [0, 0.05) is 5.69 Å². The summed E-state index contributed by atoms with van der Waals surface area (Å²) in [5.74, 6) is 2.07. The van der Waals surface area contributed by atoms with Crippen LogP contribution in [0.5, 0.6) is 17.2 Å². The van der Waals surface area contributed by atoms with Crippen LogP contribution in [0.2, 0.25) is 0 Å². The molecule has 0 atom stereocenters. The zero-order valence-corrected chi connectivity index (χ0v) is 11.6. The van der Waals surface area contributed by atoms with E-state index in [0.29, 0.717) is 28.8 Å². The molecule has 0 aliphatic carbocycles. The van der Waals surface area contributed by atoms with E-state index >= 15 is 0 Å². The lowest BCUT2D eigenvalue weighted by molar-refractivity contribution is 0.255. The van der Waals surface area contributed by atoms with Crippen LogP contribution >= 0.6 is 0 Å². The van der Waals surface area contributed by atoms with Crippen molar-refractivity contribution in [1.29, 1.82) is 0 Å². The van der Waals surface area contributed by atoms with Crippen LogP contribution < -0.4 is 20.9 Å². The maximum absolute atomic E-state index is 5.79. The van der Waals surface area contributed by atoms with Crippen LogP contribution in [-0.2, 0) is 6.61 Å². The molecule has 0 amide bonds. The maximum atomic E-state index is 5.79. The second kappa shape index (κ2) is 6.04. The fraction of sp³-hybridized carbons (Fsp3) is 0.0667. The van der Waals surface area contributed by atoms with E-state index in [2.05, 4.69) is 10.2 Å². The van der Waals surface area contributed by atoms with Crippen LogP contribution in [-0.4, -0.2) is 10.2 Å². The van der Waals surface area contributed by atoms with Crippen LogP contribution in [0.3, 0.4) is 0 Å². The van der Waals surface area contributed by atoms with Gasteiger partial charge in [-0.2, -0.15) is 0 Å². The molecular formula is C15H14N4O3. The first-order valence-electron chi connectivity index (χ1n) is 6.54. The number of nitrogen functional groups attached to an aromatic ring is 2. The molecule has 0 aliphatic rings. The van der Waals surface area contributed by atoms with Crippen LogP contribution in [0.15, 0.2) is 52.9 Å². The summed E-state index contributed by atoms with van der Waals surface area (Å²) in [6.45, 7) is 0.103. The molecule has 0 spiro atoms. The number of ether oxygens (including phenoxy) is 2. The third-order valence-electron chi connectivity index (χ3n) is 2.79. The van der Waals surface area contributed by atoms with Gasteiger partial charge in [0.15, 0.2) is 18.1 Å². The first-order chi connectivity index (χ1) is 10.7. The van der Waals surface area contributed by atoms with Crippen LogP contribution in [0.4, 0.5) is 11.7 Å². The van der Waals surface area contributed by atoms with E-state index in [1.807, 2.05) is 12.1 Å². The van der Waals surface area contributed by atoms with Gasteiger partial charge in [-0.15, -0.1) is 5.10 Å². The number of benzene rings is 2. The summed E-state index contributed by atoms with van der Waals surface area (Å²) in [5.41, 5.74) is 11.7. The first-order valence-corrected chi connectivity index (χ1v) is 6.54. The van der Waals surface area contributed by atoms with Crippen molar-refractivity contribution in [3.63, 3.8) is 0 Å². The smallest absolute Gasteiger partial charge is 0.312 e. The van der Waals surface area contributed by atoms with Gasteiger partial charge in [-0.3, -0.25) is 0 Å². The summed E-state index contributed by atoms with van der Waals surface area (Å²) < 4.78 is 16.5. The predicted octanol–water partition coefficient (Wildman–Crippen LogP) is 2.61. The molecule has 7 heteroatoms. The monoisotopic (exact) mass is 298 g/mol. The fourth-order valence-corrected chi connectivity index (χ4v) is 1.78. The summed E-state index contributed by atoms with van der Waals surface area (Å²) in [7, 11) is 0. The molecule has 0 fully saturated rings. The predicted molar refractivity (Wildman–Crippen MR) is 80.4 cm³/mol. The Morgan fingerprint density at radius 2 is 1.64 bits per heavy atom. The highest BCUT2D eigenvalue weighted by Gasteiger charge is 2.09. The van der Waals surface area contributed by atoms with Gasteiger partial charge in [0.25, 0.3) is 5.89 Å². The highest BCUT2D eigenvalue weighted by molar-refractivity contribution is 5.46. The third kappa shape index (κ3) is 3.26. The molecule has 3 rings (SSSR count). The van der Waals surface area contributed by atoms with Crippen molar-refractivity contribution < 1.29 is 13.9 Å². The van der Waals surface area contributed by atoms with Crippen molar-refractivity contribution in [3.8, 4) is 17.2 Å². The Labute approximate surface area is 126 Å². The molecule has 112 valence electrons. The molecule has 4 N–H and O–H groups in total. The lowest BCUT2D eigenvalue weighted by atomic mass is 10.3. The largest absolute Gasteiger partial charge is 0.480 e. The zero-order chi connectivity index (χ0) is 15.4. The maximum Gasteiger partial charge on any atom is 0.312 e. The fourth-order valence-electron chi connectivity index (χ4n) is 1.78. The molecule has 0 saturated heterocycles. The average Bonchev–Trinajstić information content (AvgIpc) is 2.94. The van der Waals surface area contributed by atoms with Crippen molar-refractivity contribution in [1.82, 2.24) is 10.2 Å². The third-order valence-corrected chi connectivity index (χ3v) is 2.79. The number of hydrogen-bond donors (Lipinski definition) is 2. The summed E-state index contributed by atoms with van der Waals surface area (Å²) in [6, 6.07) is 14.4. The molecule has 0 radical (unpaired) electrons. The van der Waals surface area contributed by atoms with Crippen molar-refractivity contribution in [2.75, 3.05) is 11.5 Å². The summed E-state index contributed by atoms with van der Waals surface area (Å²) >= 11 is 0. The minimum Gasteiger partial charge on any atom is -0.480 e. The number of aromatic nitrogens is 2. The normalized spacial score (nSPS) is 10.4. The molecule has 3 aromatic rings. The number of nitrogens with zero attached hydrogens (tertiary/aromatic N) is 2. The molecule has 22 heavy (non-hydrogen) atoms. The van der Waals surface area contributed by atoms with E-state index in [1.165, 1.54) is 0 Å². The van der Waals surface area contributed by atoms with Gasteiger partial charge in [0.05, 0.1) is 0 Å². The van der Waals surface area contributed by atoms with Gasteiger partial charge in [0.1, 0.15) is 5.75 Å². The number of hydrogen-bond acceptors (Lipinski definition) is 7. The molecule has 1 heterocycles. The van der Waals surface area contributed by atoms with Crippen molar-refractivity contribution >= 4 is 11.7 Å². The highest BCUT2D eigenvalue weighted by Crippen LogP contribution is 2.32. The van der Waals surface area contributed by atoms with Gasteiger partial charge in [-0.05, 0) is 36.4 Å². The van der Waals surface area contributed by atoms with Crippen LogP contribution in [0.25, 0.3) is 0 Å². The molecule has 2 aromatic carbocycles. The van der Waals surface area contributed by atoms with E-state index in [1.54, 1.807) is 36.4 Å². The Kier molecular flexibility index (Phi) is 3.78. The lowest BCUT2D eigenvalue weighted by Crippen LogP contribution is -1.98. The number of anilines is 2. The quantitative estimate of drug-likeness (QED) is 0.696. The molecular weight excluding hydrogens is 284 g/mol.